The van der Waals surface area contributed by atoms with E-state index in [1.54, 1.807) is 43.1 Å². The zero-order valence-electron chi connectivity index (χ0n) is 25.4. The predicted octanol–water partition coefficient (Wildman–Crippen LogP) is 3.50. The lowest BCUT2D eigenvalue weighted by Crippen LogP contribution is -2.56. The van der Waals surface area contributed by atoms with E-state index in [-0.39, 0.29) is 35.9 Å². The van der Waals surface area contributed by atoms with Crippen LogP contribution in [0, 0.1) is 18.6 Å². The first-order chi connectivity index (χ1) is 20.9. The molecular formula is C31H34F2N8O3. The van der Waals surface area contributed by atoms with Crippen molar-refractivity contribution in [3.05, 3.63) is 69.9 Å². The summed E-state index contributed by atoms with van der Waals surface area (Å²) in [6.07, 6.45) is 3.03. The van der Waals surface area contributed by atoms with Gasteiger partial charge in [-0.1, -0.05) is 19.9 Å². The summed E-state index contributed by atoms with van der Waals surface area (Å²) in [6, 6.07) is 5.63. The van der Waals surface area contributed by atoms with E-state index in [2.05, 4.69) is 19.9 Å². The summed E-state index contributed by atoms with van der Waals surface area (Å²) in [5.74, 6) is -2.87. The van der Waals surface area contributed by atoms with Gasteiger partial charge in [0.25, 0.3) is 5.91 Å². The summed E-state index contributed by atoms with van der Waals surface area (Å²) in [7, 11) is 5.34. The second kappa shape index (κ2) is 12.1. The number of pyridine rings is 2. The predicted molar refractivity (Wildman–Crippen MR) is 165 cm³/mol. The van der Waals surface area contributed by atoms with Crippen LogP contribution in [0.25, 0.3) is 28.0 Å². The number of piperazine rings is 1. The van der Waals surface area contributed by atoms with Crippen molar-refractivity contribution in [3.8, 4) is 22.7 Å². The number of rotatable bonds is 6. The number of benzene rings is 1. The van der Waals surface area contributed by atoms with Gasteiger partial charge in [0.05, 0.1) is 28.7 Å². The number of halogens is 2. The van der Waals surface area contributed by atoms with Crippen LogP contribution in [0.1, 0.15) is 31.0 Å². The minimum absolute atomic E-state index is 0.0287. The average Bonchev–Trinajstić information content (AvgIpc) is 2.96. The van der Waals surface area contributed by atoms with Gasteiger partial charge in [-0.15, -0.1) is 0 Å². The fourth-order valence-electron chi connectivity index (χ4n) is 5.38. The standard InChI is InChI=1S/C31H34F2N8O3/c1-17(2)25-27(18(3)10-11-34-25)41-29-19(14-21(33)26(36-29)24-20(32)8-7-9-23(24)42)28(37-31(41)44)40-13-12-39(6)15-22(40)30(43)35-16-38(4)5/h7-11,14,16-17,22,42H,12-13,15H2,1-6H3. The molecule has 1 atom stereocenters. The fraction of sp³-hybridized carbons (Fsp3) is 0.355. The highest BCUT2D eigenvalue weighted by Crippen LogP contribution is 2.36. The molecule has 1 aromatic carbocycles. The lowest BCUT2D eigenvalue weighted by Gasteiger charge is -2.39. The molecule has 0 aliphatic carbocycles. The van der Waals surface area contributed by atoms with Crippen molar-refractivity contribution in [3.63, 3.8) is 0 Å². The number of phenols is 1. The Hall–Kier alpha value is -4.78. The number of hydrogen-bond donors (Lipinski definition) is 1. The number of anilines is 1. The zero-order valence-corrected chi connectivity index (χ0v) is 25.4. The quantitative estimate of drug-likeness (QED) is 0.261. The first-order valence-electron chi connectivity index (χ1n) is 14.2. The second-order valence-electron chi connectivity index (χ2n) is 11.4. The minimum atomic E-state index is -0.944. The van der Waals surface area contributed by atoms with Crippen LogP contribution in [0.4, 0.5) is 14.6 Å². The van der Waals surface area contributed by atoms with Crippen molar-refractivity contribution in [1.82, 2.24) is 29.3 Å². The fourth-order valence-corrected chi connectivity index (χ4v) is 5.38. The van der Waals surface area contributed by atoms with E-state index >= 15 is 8.78 Å². The number of carbonyl (C=O) groups excluding carboxylic acids is 1. The highest BCUT2D eigenvalue weighted by molar-refractivity contribution is 5.96. The molecule has 0 bridgehead atoms. The maximum absolute atomic E-state index is 16.0. The van der Waals surface area contributed by atoms with E-state index in [4.69, 9.17) is 0 Å². The molecule has 0 spiro atoms. The van der Waals surface area contributed by atoms with Crippen LogP contribution >= 0.6 is 0 Å². The van der Waals surface area contributed by atoms with E-state index < -0.39 is 46.3 Å². The van der Waals surface area contributed by atoms with E-state index in [0.29, 0.717) is 23.5 Å². The van der Waals surface area contributed by atoms with E-state index in [1.165, 1.54) is 23.0 Å². The summed E-state index contributed by atoms with van der Waals surface area (Å²) >= 11 is 0. The topological polar surface area (TPSA) is 120 Å². The number of amides is 1. The van der Waals surface area contributed by atoms with Crippen LogP contribution in [0.5, 0.6) is 5.75 Å². The molecular weight excluding hydrogens is 570 g/mol. The molecule has 11 nitrogen and oxygen atoms in total. The smallest absolute Gasteiger partial charge is 0.355 e. The molecule has 4 aromatic rings. The van der Waals surface area contributed by atoms with Gasteiger partial charge in [-0.05, 0) is 49.7 Å². The van der Waals surface area contributed by atoms with Gasteiger partial charge < -0.3 is 19.8 Å². The van der Waals surface area contributed by atoms with Gasteiger partial charge in [0.1, 0.15) is 29.1 Å². The molecule has 13 heteroatoms. The number of aryl methyl sites for hydroxylation is 1. The Morgan fingerprint density at radius 3 is 2.59 bits per heavy atom. The van der Waals surface area contributed by atoms with Crippen LogP contribution < -0.4 is 10.6 Å². The van der Waals surface area contributed by atoms with Crippen molar-refractivity contribution in [2.24, 2.45) is 4.99 Å². The summed E-state index contributed by atoms with van der Waals surface area (Å²) in [6.45, 7) is 6.75. The number of aliphatic imine (C=N–C) groups is 1. The molecule has 1 fully saturated rings. The molecule has 44 heavy (non-hydrogen) atoms. The molecule has 5 rings (SSSR count). The van der Waals surface area contributed by atoms with Gasteiger partial charge in [-0.2, -0.15) is 4.98 Å². The maximum Gasteiger partial charge on any atom is 0.355 e. The third-order valence-corrected chi connectivity index (χ3v) is 7.51. The molecule has 4 heterocycles. The number of likely N-dealkylation sites (N-methyl/N-ethyl adjacent to an activating group) is 1. The molecule has 1 aliphatic rings. The third kappa shape index (κ3) is 5.62. The summed E-state index contributed by atoms with van der Waals surface area (Å²) in [4.78, 5) is 50.1. The molecule has 230 valence electrons. The van der Waals surface area contributed by atoms with Gasteiger partial charge in [0.15, 0.2) is 11.5 Å². The first kappa shape index (κ1) is 30.7. The number of nitrogens with zero attached hydrogens (tertiary/aromatic N) is 8. The van der Waals surface area contributed by atoms with Gasteiger partial charge >= 0.3 is 5.69 Å². The Morgan fingerprint density at radius 1 is 1.16 bits per heavy atom. The largest absolute Gasteiger partial charge is 0.507 e. The van der Waals surface area contributed by atoms with E-state index in [9.17, 15) is 14.7 Å². The first-order valence-corrected chi connectivity index (χ1v) is 14.2. The van der Waals surface area contributed by atoms with Gasteiger partial charge in [-0.3, -0.25) is 9.78 Å². The van der Waals surface area contributed by atoms with Crippen LogP contribution in [-0.4, -0.2) is 93.5 Å². The van der Waals surface area contributed by atoms with Crippen LogP contribution in [-0.2, 0) is 4.79 Å². The summed E-state index contributed by atoms with van der Waals surface area (Å²) in [5, 5.41) is 10.6. The monoisotopic (exact) mass is 604 g/mol. The van der Waals surface area contributed by atoms with Gasteiger partial charge in [-0.25, -0.2) is 28.1 Å². The van der Waals surface area contributed by atoms with Crippen LogP contribution in [0.2, 0.25) is 0 Å². The lowest BCUT2D eigenvalue weighted by molar-refractivity contribution is -0.119. The highest BCUT2D eigenvalue weighted by atomic mass is 19.1. The Bertz CT molecular complexity index is 1820. The zero-order chi connectivity index (χ0) is 31.9. The maximum atomic E-state index is 16.0. The van der Waals surface area contributed by atoms with E-state index in [0.717, 1.165) is 12.1 Å². The number of carbonyl (C=O) groups is 1. The van der Waals surface area contributed by atoms with Gasteiger partial charge in [0.2, 0.25) is 0 Å². The SMILES string of the molecule is Cc1ccnc(C(C)C)c1-n1c(=O)nc(N2CCN(C)CC2C(=O)N=CN(C)C)c2cc(F)c(-c3c(O)cccc3F)nc21. The molecule has 1 amide bonds. The van der Waals surface area contributed by atoms with Crippen molar-refractivity contribution in [1.29, 1.82) is 0 Å². The number of aromatic hydroxyl groups is 1. The van der Waals surface area contributed by atoms with Crippen LogP contribution in [0.3, 0.4) is 0 Å². The molecule has 1 saturated heterocycles. The Morgan fingerprint density at radius 2 is 1.91 bits per heavy atom. The molecule has 1 N–H and O–H groups in total. The number of hydrogen-bond acceptors (Lipinski definition) is 8. The van der Waals surface area contributed by atoms with Crippen molar-refractivity contribution in [2.45, 2.75) is 32.7 Å². The highest BCUT2D eigenvalue weighted by Gasteiger charge is 2.35. The van der Waals surface area contributed by atoms with Crippen molar-refractivity contribution < 1.29 is 18.7 Å². The number of fused-ring (bicyclic) bond motifs is 1. The van der Waals surface area contributed by atoms with Gasteiger partial charge in [0, 0.05) is 39.9 Å². The molecule has 3 aromatic heterocycles. The normalized spacial score (nSPS) is 15.9. The van der Waals surface area contributed by atoms with Crippen molar-refractivity contribution in [2.75, 3.05) is 45.7 Å². The Balaban J connectivity index is 1.86. The molecule has 1 aliphatic heterocycles. The van der Waals surface area contributed by atoms with Crippen molar-refractivity contribution >= 4 is 29.1 Å². The average molecular weight is 605 g/mol. The minimum Gasteiger partial charge on any atom is -0.507 e. The summed E-state index contributed by atoms with van der Waals surface area (Å²) < 4.78 is 32.2. The molecule has 1 unspecified atom stereocenters. The summed E-state index contributed by atoms with van der Waals surface area (Å²) in [5.41, 5.74) is -0.00603. The lowest BCUT2D eigenvalue weighted by atomic mass is 10.0. The Kier molecular flexibility index (Phi) is 8.42. The third-order valence-electron chi connectivity index (χ3n) is 7.51. The molecule has 0 saturated carbocycles. The van der Waals surface area contributed by atoms with Crippen LogP contribution in [0.15, 0.2) is 46.3 Å². The Labute approximate surface area is 253 Å². The number of phenolic OH excluding ortho intramolecular Hbond substituents is 1. The molecule has 0 radical (unpaired) electrons. The van der Waals surface area contributed by atoms with E-state index in [1.807, 2.05) is 25.8 Å². The number of aromatic nitrogens is 4. The second-order valence-corrected chi connectivity index (χ2v) is 11.4.